The Balaban J connectivity index is 1.25. The van der Waals surface area contributed by atoms with E-state index in [1.165, 1.54) is 0 Å². The van der Waals surface area contributed by atoms with Gasteiger partial charge in [-0.05, 0) is 97.8 Å². The molecule has 0 radical (unpaired) electrons. The van der Waals surface area contributed by atoms with Crippen LogP contribution in [0.25, 0.3) is 10.9 Å². The van der Waals surface area contributed by atoms with Crippen molar-refractivity contribution in [2.75, 3.05) is 56.7 Å². The van der Waals surface area contributed by atoms with Crippen molar-refractivity contribution in [3.63, 3.8) is 0 Å². The number of aromatic nitrogens is 2. The average molecular weight is 590 g/mol. The lowest BCUT2D eigenvalue weighted by molar-refractivity contribution is 0.0640. The summed E-state index contributed by atoms with van der Waals surface area (Å²) in [5, 5.41) is 21.7. The Labute approximate surface area is 249 Å². The summed E-state index contributed by atoms with van der Waals surface area (Å²) >= 11 is 0. The molecular weight excluding hydrogens is 552 g/mol. The lowest BCUT2D eigenvalue weighted by atomic mass is 9.91. The minimum Gasteiger partial charge on any atom is -0.384 e. The van der Waals surface area contributed by atoms with E-state index in [1.807, 2.05) is 12.1 Å². The van der Waals surface area contributed by atoms with E-state index in [2.05, 4.69) is 38.4 Å². The standard InChI is InChI=1S/C33H37F2N5O3/c1-39-10-12-40(13-11-39)27-5-6-28(22(18-27)3-2-21-8-14-43-15-9-21)33(42)36-32-29-19-23(4-7-30(29)37-38-32)31(41)24-16-25(34)20-26(35)17-24/h4-7,16-21,31,41H,2-3,8-15H2,1H3,(H2,36,37,38,42). The van der Waals surface area contributed by atoms with Gasteiger partial charge in [-0.3, -0.25) is 9.89 Å². The van der Waals surface area contributed by atoms with Crippen molar-refractivity contribution in [2.24, 2.45) is 5.92 Å². The first-order valence-electron chi connectivity index (χ1n) is 14.9. The molecule has 2 aliphatic heterocycles. The Kier molecular flexibility index (Phi) is 8.69. The highest BCUT2D eigenvalue weighted by molar-refractivity contribution is 6.08. The number of rotatable bonds is 8. The number of benzene rings is 3. The molecule has 1 unspecified atom stereocenters. The zero-order valence-corrected chi connectivity index (χ0v) is 24.3. The summed E-state index contributed by atoms with van der Waals surface area (Å²) in [7, 11) is 2.13. The fourth-order valence-corrected chi connectivity index (χ4v) is 6.06. The average Bonchev–Trinajstić information content (AvgIpc) is 3.41. The van der Waals surface area contributed by atoms with E-state index in [4.69, 9.17) is 4.74 Å². The van der Waals surface area contributed by atoms with E-state index in [1.54, 1.807) is 18.2 Å². The van der Waals surface area contributed by atoms with Gasteiger partial charge in [0.05, 0.1) is 5.52 Å². The number of hydrogen-bond donors (Lipinski definition) is 3. The van der Waals surface area contributed by atoms with Crippen LogP contribution >= 0.6 is 0 Å². The number of ether oxygens (including phenoxy) is 1. The second kappa shape index (κ2) is 12.8. The zero-order chi connectivity index (χ0) is 29.9. The molecule has 0 spiro atoms. The van der Waals surface area contributed by atoms with Crippen molar-refractivity contribution in [3.8, 4) is 0 Å². The van der Waals surface area contributed by atoms with Gasteiger partial charge < -0.3 is 25.0 Å². The Morgan fingerprint density at radius 3 is 2.51 bits per heavy atom. The molecule has 226 valence electrons. The maximum absolute atomic E-state index is 13.8. The minimum atomic E-state index is -1.26. The Hall–Kier alpha value is -3.86. The van der Waals surface area contributed by atoms with Gasteiger partial charge in [0.2, 0.25) is 0 Å². The molecule has 0 bridgehead atoms. The first kappa shape index (κ1) is 29.2. The maximum atomic E-state index is 13.8. The zero-order valence-electron chi connectivity index (χ0n) is 24.3. The predicted octanol–water partition coefficient (Wildman–Crippen LogP) is 5.29. The van der Waals surface area contributed by atoms with E-state index in [9.17, 15) is 18.7 Å². The van der Waals surface area contributed by atoms with Gasteiger partial charge >= 0.3 is 0 Å². The molecule has 2 saturated heterocycles. The summed E-state index contributed by atoms with van der Waals surface area (Å²) in [5.74, 6) is -0.907. The van der Waals surface area contributed by atoms with Crippen molar-refractivity contribution < 1.29 is 23.4 Å². The molecule has 2 fully saturated rings. The van der Waals surface area contributed by atoms with Crippen LogP contribution in [0, 0.1) is 17.6 Å². The minimum absolute atomic E-state index is 0.0977. The molecule has 6 rings (SSSR count). The number of anilines is 2. The number of nitrogens with one attached hydrogen (secondary N) is 2. The third kappa shape index (κ3) is 6.71. The molecule has 4 aromatic rings. The van der Waals surface area contributed by atoms with Gasteiger partial charge in [0.15, 0.2) is 5.82 Å². The highest BCUT2D eigenvalue weighted by Crippen LogP contribution is 2.30. The second-order valence-corrected chi connectivity index (χ2v) is 11.7. The van der Waals surface area contributed by atoms with Crippen LogP contribution < -0.4 is 10.2 Å². The van der Waals surface area contributed by atoms with Crippen molar-refractivity contribution in [3.05, 3.63) is 88.5 Å². The number of nitrogens with zero attached hydrogens (tertiary/aromatic N) is 3. The van der Waals surface area contributed by atoms with E-state index in [0.717, 1.165) is 94.5 Å². The topological polar surface area (TPSA) is 93.7 Å². The number of H-pyrrole nitrogens is 1. The number of likely N-dealkylation sites (N-methyl/N-ethyl adjacent to an activating group) is 1. The number of carbonyl (C=O) groups is 1. The van der Waals surface area contributed by atoms with E-state index >= 15 is 0 Å². The molecule has 0 aliphatic carbocycles. The molecule has 8 nitrogen and oxygen atoms in total. The number of aromatic amines is 1. The number of fused-ring (bicyclic) bond motifs is 1. The molecule has 43 heavy (non-hydrogen) atoms. The summed E-state index contributed by atoms with van der Waals surface area (Å²) in [6, 6.07) is 14.1. The Morgan fingerprint density at radius 1 is 1.02 bits per heavy atom. The number of aryl methyl sites for hydroxylation is 1. The lowest BCUT2D eigenvalue weighted by Crippen LogP contribution is -2.44. The number of aliphatic hydroxyl groups is 1. The van der Waals surface area contributed by atoms with Crippen molar-refractivity contribution in [2.45, 2.75) is 31.8 Å². The lowest BCUT2D eigenvalue weighted by Gasteiger charge is -2.34. The smallest absolute Gasteiger partial charge is 0.257 e. The number of piperazine rings is 1. The molecule has 2 aliphatic rings. The highest BCUT2D eigenvalue weighted by Gasteiger charge is 2.22. The molecule has 3 heterocycles. The molecular formula is C33H37F2N5O3. The van der Waals surface area contributed by atoms with Gasteiger partial charge in [-0.25, -0.2) is 8.78 Å². The van der Waals surface area contributed by atoms with Crippen molar-refractivity contribution in [1.82, 2.24) is 15.1 Å². The van der Waals surface area contributed by atoms with Gasteiger partial charge in [-0.15, -0.1) is 0 Å². The maximum Gasteiger partial charge on any atom is 0.257 e. The molecule has 3 N–H and O–H groups in total. The molecule has 3 aromatic carbocycles. The molecule has 0 saturated carbocycles. The fourth-order valence-electron chi connectivity index (χ4n) is 6.06. The normalized spacial score (nSPS) is 17.3. The van der Waals surface area contributed by atoms with E-state index in [0.29, 0.717) is 33.8 Å². The van der Waals surface area contributed by atoms with Crippen LogP contribution in [0.2, 0.25) is 0 Å². The Morgan fingerprint density at radius 2 is 1.77 bits per heavy atom. The van der Waals surface area contributed by atoms with Crippen molar-refractivity contribution >= 4 is 28.3 Å². The monoisotopic (exact) mass is 589 g/mol. The summed E-state index contributed by atoms with van der Waals surface area (Å²) in [6.45, 7) is 5.45. The third-order valence-electron chi connectivity index (χ3n) is 8.70. The fraction of sp³-hybridized carbons (Fsp3) is 0.394. The van der Waals surface area contributed by atoms with Crippen LogP contribution in [-0.4, -0.2) is 72.6 Å². The SMILES string of the molecule is CN1CCN(c2ccc(C(=O)Nc3n[nH]c4ccc(C(O)c5cc(F)cc(F)c5)cc34)c(CCC3CCOCC3)c2)CC1. The Bertz CT molecular complexity index is 1570. The van der Waals surface area contributed by atoms with Crippen LogP contribution in [0.15, 0.2) is 54.6 Å². The molecule has 1 amide bonds. The van der Waals surface area contributed by atoms with Gasteiger partial charge in [-0.1, -0.05) is 6.07 Å². The van der Waals surface area contributed by atoms with E-state index < -0.39 is 17.7 Å². The first-order chi connectivity index (χ1) is 20.8. The number of aliphatic hydroxyl groups excluding tert-OH is 1. The molecule has 1 atom stereocenters. The summed E-state index contributed by atoms with van der Waals surface area (Å²) in [4.78, 5) is 18.4. The van der Waals surface area contributed by atoms with Gasteiger partial charge in [0, 0.05) is 62.1 Å². The van der Waals surface area contributed by atoms with Crippen LogP contribution in [0.4, 0.5) is 20.3 Å². The van der Waals surface area contributed by atoms with E-state index in [-0.39, 0.29) is 11.5 Å². The number of carbonyl (C=O) groups excluding carboxylic acids is 1. The summed E-state index contributed by atoms with van der Waals surface area (Å²) in [6.07, 6.45) is 2.59. The second-order valence-electron chi connectivity index (χ2n) is 11.7. The molecule has 1 aromatic heterocycles. The number of hydrogen-bond acceptors (Lipinski definition) is 6. The number of amides is 1. The van der Waals surface area contributed by atoms with Crippen LogP contribution in [0.5, 0.6) is 0 Å². The van der Waals surface area contributed by atoms with Gasteiger partial charge in [0.25, 0.3) is 5.91 Å². The quantitative estimate of drug-likeness (QED) is 0.259. The van der Waals surface area contributed by atoms with Gasteiger partial charge in [0.1, 0.15) is 17.7 Å². The predicted molar refractivity (Wildman–Crippen MR) is 162 cm³/mol. The van der Waals surface area contributed by atoms with Crippen LogP contribution in [0.1, 0.15) is 52.4 Å². The van der Waals surface area contributed by atoms with Crippen molar-refractivity contribution in [1.29, 1.82) is 0 Å². The summed E-state index contributed by atoms with van der Waals surface area (Å²) in [5.41, 5.74) is 3.91. The number of halogens is 2. The van der Waals surface area contributed by atoms with Crippen LogP contribution in [0.3, 0.4) is 0 Å². The third-order valence-corrected chi connectivity index (χ3v) is 8.70. The molecule has 10 heteroatoms. The van der Waals surface area contributed by atoms with Crippen LogP contribution in [-0.2, 0) is 11.2 Å². The summed E-state index contributed by atoms with van der Waals surface area (Å²) < 4.78 is 33.1. The highest BCUT2D eigenvalue weighted by atomic mass is 19.1. The largest absolute Gasteiger partial charge is 0.384 e. The first-order valence-corrected chi connectivity index (χ1v) is 14.9. The van der Waals surface area contributed by atoms with Gasteiger partial charge in [-0.2, -0.15) is 5.10 Å².